The molecule has 4 nitrogen and oxygen atoms in total. The Morgan fingerprint density at radius 1 is 1.33 bits per heavy atom. The minimum atomic E-state index is 0.634. The summed E-state index contributed by atoms with van der Waals surface area (Å²) in [6.45, 7) is 9.58. The normalized spacial score (nSPS) is 18.6. The molecule has 1 saturated heterocycles. The Bertz CT molecular complexity index is 452. The molecule has 2 rings (SSSR count). The van der Waals surface area contributed by atoms with E-state index in [0.29, 0.717) is 6.04 Å². The number of halogens is 1. The van der Waals surface area contributed by atoms with Crippen LogP contribution in [-0.4, -0.2) is 48.6 Å². The van der Waals surface area contributed by atoms with Gasteiger partial charge < -0.3 is 10.6 Å². The van der Waals surface area contributed by atoms with Crippen LogP contribution in [0.1, 0.15) is 31.7 Å². The van der Waals surface area contributed by atoms with Gasteiger partial charge in [-0.2, -0.15) is 0 Å². The van der Waals surface area contributed by atoms with Gasteiger partial charge in [0.05, 0.1) is 0 Å². The van der Waals surface area contributed by atoms with Gasteiger partial charge in [-0.25, -0.2) is 4.98 Å². The van der Waals surface area contributed by atoms with Crippen LogP contribution in [0.15, 0.2) is 16.7 Å². The Labute approximate surface area is 136 Å². The molecule has 1 unspecified atom stereocenters. The zero-order chi connectivity index (χ0) is 15.2. The van der Waals surface area contributed by atoms with E-state index in [1.54, 1.807) is 0 Å². The van der Waals surface area contributed by atoms with Crippen LogP contribution in [0.5, 0.6) is 0 Å². The van der Waals surface area contributed by atoms with E-state index in [2.05, 4.69) is 50.6 Å². The van der Waals surface area contributed by atoms with Crippen molar-refractivity contribution in [2.24, 2.45) is 5.73 Å². The molecule has 1 fully saturated rings. The molecule has 0 amide bonds. The lowest BCUT2D eigenvalue weighted by Gasteiger charge is -2.29. The van der Waals surface area contributed by atoms with Gasteiger partial charge >= 0.3 is 0 Å². The number of rotatable bonds is 5. The summed E-state index contributed by atoms with van der Waals surface area (Å²) in [7, 11) is 0. The molecule has 21 heavy (non-hydrogen) atoms. The standard InChI is InChI=1S/C16H27BrN4/c1-3-14(5-6-18)20-7-4-8-21(10-9-20)16-11-13(2)15(17)12-19-16/h11-12,14H,3-10,18H2,1-2H3. The van der Waals surface area contributed by atoms with Crippen molar-refractivity contribution in [3.63, 3.8) is 0 Å². The maximum absolute atomic E-state index is 5.75. The van der Waals surface area contributed by atoms with Crippen LogP contribution < -0.4 is 10.6 Å². The van der Waals surface area contributed by atoms with Crippen molar-refractivity contribution in [3.8, 4) is 0 Å². The molecule has 1 aromatic heterocycles. The summed E-state index contributed by atoms with van der Waals surface area (Å²) < 4.78 is 1.08. The topological polar surface area (TPSA) is 45.4 Å². The maximum atomic E-state index is 5.75. The maximum Gasteiger partial charge on any atom is 0.128 e. The summed E-state index contributed by atoms with van der Waals surface area (Å²) in [6.07, 6.45) is 5.40. The number of aryl methyl sites for hydroxylation is 1. The van der Waals surface area contributed by atoms with Crippen molar-refractivity contribution in [3.05, 3.63) is 22.3 Å². The van der Waals surface area contributed by atoms with E-state index in [9.17, 15) is 0 Å². The Morgan fingerprint density at radius 2 is 2.14 bits per heavy atom. The minimum Gasteiger partial charge on any atom is -0.355 e. The molecule has 1 aliphatic heterocycles. The van der Waals surface area contributed by atoms with Crippen molar-refractivity contribution < 1.29 is 0 Å². The monoisotopic (exact) mass is 354 g/mol. The molecule has 0 aromatic carbocycles. The highest BCUT2D eigenvalue weighted by molar-refractivity contribution is 9.10. The zero-order valence-corrected chi connectivity index (χ0v) is 14.8. The van der Waals surface area contributed by atoms with E-state index in [0.717, 1.165) is 42.9 Å². The molecule has 0 bridgehead atoms. The molecular formula is C16H27BrN4. The van der Waals surface area contributed by atoms with Crippen molar-refractivity contribution in [1.29, 1.82) is 0 Å². The average molecular weight is 355 g/mol. The number of aromatic nitrogens is 1. The van der Waals surface area contributed by atoms with E-state index in [1.165, 1.54) is 24.9 Å². The van der Waals surface area contributed by atoms with Crippen molar-refractivity contribution in [2.45, 2.75) is 39.2 Å². The van der Waals surface area contributed by atoms with Crippen LogP contribution in [-0.2, 0) is 0 Å². The third kappa shape index (κ3) is 4.41. The number of pyridine rings is 1. The van der Waals surface area contributed by atoms with Crippen molar-refractivity contribution >= 4 is 21.7 Å². The largest absolute Gasteiger partial charge is 0.355 e. The quantitative estimate of drug-likeness (QED) is 0.882. The van der Waals surface area contributed by atoms with E-state index in [1.807, 2.05) is 6.20 Å². The Kier molecular flexibility index (Phi) is 6.45. The van der Waals surface area contributed by atoms with E-state index < -0.39 is 0 Å². The van der Waals surface area contributed by atoms with Crippen molar-refractivity contribution in [1.82, 2.24) is 9.88 Å². The lowest BCUT2D eigenvalue weighted by molar-refractivity contribution is 0.196. The number of nitrogens with zero attached hydrogens (tertiary/aromatic N) is 3. The Hall–Kier alpha value is -0.650. The first-order valence-corrected chi connectivity index (χ1v) is 8.76. The molecular weight excluding hydrogens is 328 g/mol. The fourth-order valence-electron chi connectivity index (χ4n) is 3.07. The average Bonchev–Trinajstić information content (AvgIpc) is 2.73. The molecule has 118 valence electrons. The molecule has 0 aliphatic carbocycles. The van der Waals surface area contributed by atoms with Gasteiger partial charge in [-0.3, -0.25) is 4.90 Å². The fraction of sp³-hybridized carbons (Fsp3) is 0.688. The molecule has 2 N–H and O–H groups in total. The second-order valence-corrected chi connectivity index (χ2v) is 6.66. The van der Waals surface area contributed by atoms with Crippen LogP contribution in [0.4, 0.5) is 5.82 Å². The van der Waals surface area contributed by atoms with Crippen LogP contribution >= 0.6 is 15.9 Å². The molecule has 0 saturated carbocycles. The molecule has 1 atom stereocenters. The first-order valence-electron chi connectivity index (χ1n) is 7.97. The molecule has 5 heteroatoms. The van der Waals surface area contributed by atoms with E-state index in [-0.39, 0.29) is 0 Å². The van der Waals surface area contributed by atoms with Gasteiger partial charge in [0, 0.05) is 42.9 Å². The number of hydrogen-bond donors (Lipinski definition) is 1. The summed E-state index contributed by atoms with van der Waals surface area (Å²) in [5.41, 5.74) is 6.99. The molecule has 1 aliphatic rings. The van der Waals surface area contributed by atoms with Gasteiger partial charge in [-0.15, -0.1) is 0 Å². The van der Waals surface area contributed by atoms with Gasteiger partial charge in [-0.05, 0) is 60.3 Å². The highest BCUT2D eigenvalue weighted by atomic mass is 79.9. The SMILES string of the molecule is CCC(CCN)N1CCCN(c2cc(C)c(Br)cn2)CC1. The summed E-state index contributed by atoms with van der Waals surface area (Å²) in [5.74, 6) is 1.10. The number of anilines is 1. The second-order valence-electron chi connectivity index (χ2n) is 5.81. The third-order valence-corrected chi connectivity index (χ3v) is 5.20. The summed E-state index contributed by atoms with van der Waals surface area (Å²) in [5, 5.41) is 0. The van der Waals surface area contributed by atoms with Gasteiger partial charge in [0.2, 0.25) is 0 Å². The number of nitrogens with two attached hydrogens (primary N) is 1. The van der Waals surface area contributed by atoms with Crippen molar-refractivity contribution in [2.75, 3.05) is 37.6 Å². The van der Waals surface area contributed by atoms with Gasteiger partial charge in [0.1, 0.15) is 5.82 Å². The lowest BCUT2D eigenvalue weighted by Crippen LogP contribution is -2.39. The molecule has 0 radical (unpaired) electrons. The van der Waals surface area contributed by atoms with Crippen LogP contribution in [0.3, 0.4) is 0 Å². The highest BCUT2D eigenvalue weighted by Crippen LogP contribution is 2.21. The van der Waals surface area contributed by atoms with E-state index in [4.69, 9.17) is 5.73 Å². The second kappa shape index (κ2) is 8.11. The smallest absolute Gasteiger partial charge is 0.128 e. The van der Waals surface area contributed by atoms with Gasteiger partial charge in [0.25, 0.3) is 0 Å². The van der Waals surface area contributed by atoms with Gasteiger partial charge in [-0.1, -0.05) is 6.92 Å². The highest BCUT2D eigenvalue weighted by Gasteiger charge is 2.21. The first-order chi connectivity index (χ1) is 10.2. The number of hydrogen-bond acceptors (Lipinski definition) is 4. The van der Waals surface area contributed by atoms with Gasteiger partial charge in [0.15, 0.2) is 0 Å². The molecule has 1 aromatic rings. The Morgan fingerprint density at radius 3 is 2.81 bits per heavy atom. The minimum absolute atomic E-state index is 0.634. The van der Waals surface area contributed by atoms with Crippen LogP contribution in [0, 0.1) is 6.92 Å². The lowest BCUT2D eigenvalue weighted by atomic mass is 10.1. The summed E-state index contributed by atoms with van der Waals surface area (Å²) in [6, 6.07) is 2.81. The predicted molar refractivity (Wildman–Crippen MR) is 92.8 cm³/mol. The third-order valence-electron chi connectivity index (χ3n) is 4.37. The van der Waals surface area contributed by atoms with Crippen LogP contribution in [0.25, 0.3) is 0 Å². The molecule has 0 spiro atoms. The fourth-order valence-corrected chi connectivity index (χ4v) is 3.28. The van der Waals surface area contributed by atoms with Crippen LogP contribution in [0.2, 0.25) is 0 Å². The first kappa shape index (κ1) is 16.7. The Balaban J connectivity index is 2.01. The zero-order valence-electron chi connectivity index (χ0n) is 13.2. The predicted octanol–water partition coefficient (Wildman–Crippen LogP) is 2.79. The summed E-state index contributed by atoms with van der Waals surface area (Å²) in [4.78, 5) is 9.59. The summed E-state index contributed by atoms with van der Waals surface area (Å²) >= 11 is 3.52. The molecule has 2 heterocycles. The van der Waals surface area contributed by atoms with E-state index >= 15 is 0 Å².